The van der Waals surface area contributed by atoms with E-state index in [2.05, 4.69) is 21.9 Å². The van der Waals surface area contributed by atoms with Crippen molar-refractivity contribution in [2.45, 2.75) is 6.42 Å². The van der Waals surface area contributed by atoms with Gasteiger partial charge in [-0.05, 0) is 17.7 Å². The standard InChI is InChI=1S/C9H5BrF2/c1-2-3-6-4-8(11)9(12)5-7(6)10/h1,4-5H,3H2. The van der Waals surface area contributed by atoms with E-state index in [1.54, 1.807) is 0 Å². The van der Waals surface area contributed by atoms with Gasteiger partial charge in [0.2, 0.25) is 0 Å². The second kappa shape index (κ2) is 3.68. The molecule has 0 amide bonds. The van der Waals surface area contributed by atoms with Crippen LogP contribution in [0.15, 0.2) is 16.6 Å². The predicted octanol–water partition coefficient (Wildman–Crippen LogP) is 2.90. The maximum Gasteiger partial charge on any atom is 0.159 e. The molecule has 0 radical (unpaired) electrons. The largest absolute Gasteiger partial charge is 0.204 e. The minimum absolute atomic E-state index is 0.289. The average Bonchev–Trinajstić information content (AvgIpc) is 2.01. The molecule has 0 aromatic heterocycles. The second-order valence-corrected chi connectivity index (χ2v) is 3.09. The summed E-state index contributed by atoms with van der Waals surface area (Å²) in [5.74, 6) is 0.608. The van der Waals surface area contributed by atoms with Crippen molar-refractivity contribution in [3.63, 3.8) is 0 Å². The molecule has 0 bridgehead atoms. The molecule has 62 valence electrons. The summed E-state index contributed by atoms with van der Waals surface area (Å²) in [6, 6.07) is 2.17. The van der Waals surface area contributed by atoms with Crippen LogP contribution in [0.4, 0.5) is 8.78 Å². The van der Waals surface area contributed by atoms with E-state index < -0.39 is 11.6 Å². The summed E-state index contributed by atoms with van der Waals surface area (Å²) < 4.78 is 25.7. The molecule has 1 rings (SSSR count). The third kappa shape index (κ3) is 1.83. The van der Waals surface area contributed by atoms with Crippen LogP contribution in [0.3, 0.4) is 0 Å². The van der Waals surface area contributed by atoms with Crippen LogP contribution in [0.1, 0.15) is 5.56 Å². The minimum Gasteiger partial charge on any atom is -0.204 e. The van der Waals surface area contributed by atoms with Gasteiger partial charge in [0.25, 0.3) is 0 Å². The smallest absolute Gasteiger partial charge is 0.159 e. The molecule has 1 aromatic rings. The quantitative estimate of drug-likeness (QED) is 0.515. The van der Waals surface area contributed by atoms with Crippen molar-refractivity contribution in [1.29, 1.82) is 0 Å². The fourth-order valence-corrected chi connectivity index (χ4v) is 1.26. The molecular formula is C9H5BrF2. The lowest BCUT2D eigenvalue weighted by molar-refractivity contribution is 0.506. The number of hydrogen-bond donors (Lipinski definition) is 0. The molecule has 0 fully saturated rings. The van der Waals surface area contributed by atoms with Gasteiger partial charge in [0.05, 0.1) is 0 Å². The summed E-state index contributed by atoms with van der Waals surface area (Å²) in [5, 5.41) is 0. The Morgan fingerprint density at radius 3 is 2.50 bits per heavy atom. The fourth-order valence-electron chi connectivity index (χ4n) is 0.809. The van der Waals surface area contributed by atoms with Crippen molar-refractivity contribution < 1.29 is 8.78 Å². The highest BCUT2D eigenvalue weighted by atomic mass is 79.9. The van der Waals surface area contributed by atoms with Gasteiger partial charge in [-0.25, -0.2) is 8.78 Å². The Bertz CT molecular complexity index is 339. The Hall–Kier alpha value is -0.880. The Balaban J connectivity index is 3.16. The van der Waals surface area contributed by atoms with E-state index in [4.69, 9.17) is 6.42 Å². The third-order valence-corrected chi connectivity index (χ3v) is 2.12. The van der Waals surface area contributed by atoms with Gasteiger partial charge in [-0.2, -0.15) is 0 Å². The van der Waals surface area contributed by atoms with Gasteiger partial charge in [-0.1, -0.05) is 15.9 Å². The van der Waals surface area contributed by atoms with Gasteiger partial charge in [-0.15, -0.1) is 12.3 Å². The molecule has 3 heteroatoms. The Labute approximate surface area is 77.7 Å². The lowest BCUT2D eigenvalue weighted by atomic mass is 10.1. The summed E-state index contributed by atoms with van der Waals surface area (Å²) in [7, 11) is 0. The summed E-state index contributed by atoms with van der Waals surface area (Å²) in [6.45, 7) is 0. The molecule has 0 aliphatic carbocycles. The molecule has 0 nitrogen and oxygen atoms in total. The normalized spacial score (nSPS) is 9.50. The molecule has 0 atom stereocenters. The van der Waals surface area contributed by atoms with Crippen LogP contribution in [0.2, 0.25) is 0 Å². The number of benzene rings is 1. The zero-order valence-corrected chi connectivity index (χ0v) is 7.66. The summed E-state index contributed by atoms with van der Waals surface area (Å²) in [4.78, 5) is 0. The average molecular weight is 231 g/mol. The van der Waals surface area contributed by atoms with E-state index in [1.165, 1.54) is 0 Å². The molecule has 0 aliphatic heterocycles. The maximum atomic E-state index is 12.6. The van der Waals surface area contributed by atoms with Crippen LogP contribution in [0.25, 0.3) is 0 Å². The zero-order chi connectivity index (χ0) is 9.14. The van der Waals surface area contributed by atoms with Crippen LogP contribution >= 0.6 is 15.9 Å². The molecule has 0 aliphatic rings. The first-order valence-electron chi connectivity index (χ1n) is 3.22. The lowest BCUT2D eigenvalue weighted by Crippen LogP contribution is -1.90. The zero-order valence-electron chi connectivity index (χ0n) is 6.07. The molecular weight excluding hydrogens is 226 g/mol. The SMILES string of the molecule is C#CCc1cc(F)c(F)cc1Br. The molecule has 1 aromatic carbocycles. The van der Waals surface area contributed by atoms with Crippen LogP contribution < -0.4 is 0 Å². The van der Waals surface area contributed by atoms with E-state index in [-0.39, 0.29) is 6.42 Å². The van der Waals surface area contributed by atoms with Gasteiger partial charge in [0.15, 0.2) is 11.6 Å². The summed E-state index contributed by atoms with van der Waals surface area (Å²) in [5.41, 5.74) is 0.580. The molecule has 0 saturated carbocycles. The van der Waals surface area contributed by atoms with E-state index in [0.717, 1.165) is 12.1 Å². The van der Waals surface area contributed by atoms with Crippen molar-refractivity contribution in [2.24, 2.45) is 0 Å². The van der Waals surface area contributed by atoms with Crippen molar-refractivity contribution in [3.8, 4) is 12.3 Å². The molecule has 12 heavy (non-hydrogen) atoms. The van der Waals surface area contributed by atoms with Gasteiger partial charge in [0, 0.05) is 10.9 Å². The molecule has 0 saturated heterocycles. The third-order valence-electron chi connectivity index (χ3n) is 1.38. The first kappa shape index (κ1) is 9.21. The minimum atomic E-state index is -0.873. The molecule has 0 heterocycles. The van der Waals surface area contributed by atoms with Crippen LogP contribution in [-0.2, 0) is 6.42 Å². The van der Waals surface area contributed by atoms with Gasteiger partial charge in [-0.3, -0.25) is 0 Å². The van der Waals surface area contributed by atoms with E-state index in [1.807, 2.05) is 0 Å². The summed E-state index contributed by atoms with van der Waals surface area (Å²) in [6.07, 6.45) is 5.32. The molecule has 0 N–H and O–H groups in total. The van der Waals surface area contributed by atoms with Crippen molar-refractivity contribution in [1.82, 2.24) is 0 Å². The van der Waals surface area contributed by atoms with Crippen LogP contribution in [0, 0.1) is 24.0 Å². The fraction of sp³-hybridized carbons (Fsp3) is 0.111. The second-order valence-electron chi connectivity index (χ2n) is 2.24. The Morgan fingerprint density at radius 2 is 1.92 bits per heavy atom. The number of hydrogen-bond acceptors (Lipinski definition) is 0. The number of terminal acetylenes is 1. The lowest BCUT2D eigenvalue weighted by Gasteiger charge is -2.00. The number of halogens is 3. The van der Waals surface area contributed by atoms with E-state index in [0.29, 0.717) is 10.0 Å². The molecule has 0 unspecified atom stereocenters. The maximum absolute atomic E-state index is 12.6. The van der Waals surface area contributed by atoms with E-state index >= 15 is 0 Å². The molecule has 0 spiro atoms. The number of rotatable bonds is 1. The van der Waals surface area contributed by atoms with Gasteiger partial charge in [0.1, 0.15) is 0 Å². The van der Waals surface area contributed by atoms with Crippen LogP contribution in [0.5, 0.6) is 0 Å². The van der Waals surface area contributed by atoms with Crippen LogP contribution in [-0.4, -0.2) is 0 Å². The highest BCUT2D eigenvalue weighted by Gasteiger charge is 2.06. The summed E-state index contributed by atoms with van der Waals surface area (Å²) >= 11 is 3.08. The van der Waals surface area contributed by atoms with Gasteiger partial charge >= 0.3 is 0 Å². The highest BCUT2D eigenvalue weighted by molar-refractivity contribution is 9.10. The topological polar surface area (TPSA) is 0 Å². The highest BCUT2D eigenvalue weighted by Crippen LogP contribution is 2.20. The first-order chi connectivity index (χ1) is 5.65. The van der Waals surface area contributed by atoms with Crippen molar-refractivity contribution in [2.75, 3.05) is 0 Å². The predicted molar refractivity (Wildman–Crippen MR) is 46.6 cm³/mol. The van der Waals surface area contributed by atoms with Crippen molar-refractivity contribution >= 4 is 15.9 Å². The van der Waals surface area contributed by atoms with Crippen molar-refractivity contribution in [3.05, 3.63) is 33.8 Å². The monoisotopic (exact) mass is 230 g/mol. The van der Waals surface area contributed by atoms with E-state index in [9.17, 15) is 8.78 Å². The Kier molecular flexibility index (Phi) is 2.83. The Morgan fingerprint density at radius 1 is 1.33 bits per heavy atom. The van der Waals surface area contributed by atoms with Gasteiger partial charge < -0.3 is 0 Å². The first-order valence-corrected chi connectivity index (χ1v) is 4.01.